The lowest BCUT2D eigenvalue weighted by Gasteiger charge is -2.09. The fraction of sp³-hybridized carbons (Fsp3) is 0. The van der Waals surface area contributed by atoms with Gasteiger partial charge in [0.15, 0.2) is 23.1 Å². The van der Waals surface area contributed by atoms with Gasteiger partial charge in [-0.1, -0.05) is 90.5 Å². The molecule has 0 amide bonds. The van der Waals surface area contributed by atoms with Crippen molar-refractivity contribution in [2.75, 3.05) is 0 Å². The van der Waals surface area contributed by atoms with E-state index in [1.54, 1.807) is 0 Å². The molecule has 0 aliphatic rings. The van der Waals surface area contributed by atoms with Crippen LogP contribution in [0.5, 0.6) is 0 Å². The molecule has 6 heteroatoms. The molecule has 0 N–H and O–H groups in total. The average Bonchev–Trinajstić information content (AvgIpc) is 3.56. The number of hydrogen-bond donors (Lipinski definition) is 0. The summed E-state index contributed by atoms with van der Waals surface area (Å²) in [6.07, 6.45) is 0. The minimum atomic E-state index is 0.553. The lowest BCUT2D eigenvalue weighted by atomic mass is 10.1. The summed E-state index contributed by atoms with van der Waals surface area (Å²) in [5, 5.41) is 4.53. The van der Waals surface area contributed by atoms with E-state index in [9.17, 15) is 0 Å². The summed E-state index contributed by atoms with van der Waals surface area (Å²) in [7, 11) is 0. The fourth-order valence-electron chi connectivity index (χ4n) is 5.21. The molecule has 0 saturated heterocycles. The largest absolute Gasteiger partial charge is 0.456 e. The second kappa shape index (κ2) is 8.51. The smallest absolute Gasteiger partial charge is 0.164 e. The van der Waals surface area contributed by atoms with E-state index in [1.165, 1.54) is 0 Å². The Morgan fingerprint density at radius 1 is 0.487 bits per heavy atom. The lowest BCUT2D eigenvalue weighted by molar-refractivity contribution is 0.668. The molecule has 0 radical (unpaired) electrons. The highest BCUT2D eigenvalue weighted by Gasteiger charge is 2.19. The topological polar surface area (TPSA) is 65.0 Å². The third-order valence-electron chi connectivity index (χ3n) is 7.02. The van der Waals surface area contributed by atoms with Crippen LogP contribution < -0.4 is 0 Å². The third kappa shape index (κ3) is 3.51. The summed E-state index contributed by atoms with van der Waals surface area (Å²) in [6.45, 7) is 0. The summed E-state index contributed by atoms with van der Waals surface area (Å²) in [5.74, 6) is 1.70. The number of benzene rings is 5. The van der Waals surface area contributed by atoms with E-state index in [-0.39, 0.29) is 0 Å². The minimum Gasteiger partial charge on any atom is -0.456 e. The molecule has 0 atom stereocenters. The number of para-hydroxylation sites is 2. The number of aromatic nitrogens is 3. The highest BCUT2D eigenvalue weighted by atomic mass is 35.5. The second-order valence-corrected chi connectivity index (χ2v) is 9.79. The average molecular weight is 524 g/mol. The van der Waals surface area contributed by atoms with Crippen molar-refractivity contribution in [1.29, 1.82) is 0 Å². The fourth-order valence-corrected chi connectivity index (χ4v) is 5.42. The van der Waals surface area contributed by atoms with Crippen molar-refractivity contribution >= 4 is 55.5 Å². The first-order chi connectivity index (χ1) is 19.2. The van der Waals surface area contributed by atoms with Crippen molar-refractivity contribution in [1.82, 2.24) is 15.0 Å². The molecule has 3 heterocycles. The Bertz CT molecular complexity index is 2200. The molecule has 184 valence electrons. The Kier molecular flexibility index (Phi) is 4.81. The van der Waals surface area contributed by atoms with Crippen LogP contribution in [0.3, 0.4) is 0 Å². The molecule has 0 unspecified atom stereocenters. The predicted molar refractivity (Wildman–Crippen MR) is 156 cm³/mol. The van der Waals surface area contributed by atoms with Gasteiger partial charge in [-0.05, 0) is 30.3 Å². The maximum atomic E-state index is 6.47. The highest BCUT2D eigenvalue weighted by molar-refractivity contribution is 6.36. The van der Waals surface area contributed by atoms with E-state index in [0.29, 0.717) is 28.1 Å². The van der Waals surface area contributed by atoms with E-state index in [1.807, 2.05) is 97.1 Å². The van der Waals surface area contributed by atoms with Gasteiger partial charge in [0, 0.05) is 38.2 Å². The molecule has 3 aromatic heterocycles. The van der Waals surface area contributed by atoms with Crippen LogP contribution >= 0.6 is 11.6 Å². The van der Waals surface area contributed by atoms with Gasteiger partial charge in [-0.2, -0.15) is 0 Å². The maximum absolute atomic E-state index is 6.47. The molecule has 5 nitrogen and oxygen atoms in total. The van der Waals surface area contributed by atoms with Gasteiger partial charge >= 0.3 is 0 Å². The van der Waals surface area contributed by atoms with Gasteiger partial charge in [0.25, 0.3) is 0 Å². The van der Waals surface area contributed by atoms with E-state index >= 15 is 0 Å². The standard InChI is InChI=1S/C33H18ClN3O2/c34-25-13-6-11-23-29-24(12-7-15-27(29)39-30(23)25)33-36-31(19-8-2-1-3-9-19)35-32(37-33)20-16-17-22-21-10-4-5-14-26(21)38-28(22)18-20/h1-18H. The summed E-state index contributed by atoms with van der Waals surface area (Å²) in [5.41, 5.74) is 5.60. The van der Waals surface area contributed by atoms with E-state index in [2.05, 4.69) is 12.1 Å². The quantitative estimate of drug-likeness (QED) is 0.231. The number of furan rings is 2. The van der Waals surface area contributed by atoms with Gasteiger partial charge in [0.1, 0.15) is 16.7 Å². The van der Waals surface area contributed by atoms with Gasteiger partial charge < -0.3 is 8.83 Å². The zero-order chi connectivity index (χ0) is 25.9. The van der Waals surface area contributed by atoms with Crippen LogP contribution in [0.4, 0.5) is 0 Å². The number of hydrogen-bond acceptors (Lipinski definition) is 5. The summed E-state index contributed by atoms with van der Waals surface area (Å²) in [4.78, 5) is 14.8. The maximum Gasteiger partial charge on any atom is 0.164 e. The van der Waals surface area contributed by atoms with Crippen molar-refractivity contribution in [2.24, 2.45) is 0 Å². The number of halogens is 1. The monoisotopic (exact) mass is 523 g/mol. The molecule has 0 spiro atoms. The highest BCUT2D eigenvalue weighted by Crippen LogP contribution is 2.39. The van der Waals surface area contributed by atoms with E-state index in [0.717, 1.165) is 55.0 Å². The van der Waals surface area contributed by atoms with Crippen LogP contribution in [-0.2, 0) is 0 Å². The van der Waals surface area contributed by atoms with Crippen LogP contribution in [0.2, 0.25) is 5.02 Å². The molecular formula is C33H18ClN3O2. The van der Waals surface area contributed by atoms with Crippen LogP contribution in [-0.4, -0.2) is 15.0 Å². The molecule has 8 aromatic rings. The first-order valence-electron chi connectivity index (χ1n) is 12.6. The molecule has 5 aromatic carbocycles. The normalized spacial score (nSPS) is 11.7. The molecule has 0 fully saturated rings. The molecule has 0 aliphatic carbocycles. The molecule has 39 heavy (non-hydrogen) atoms. The molecular weight excluding hydrogens is 506 g/mol. The van der Waals surface area contributed by atoms with Crippen molar-refractivity contribution < 1.29 is 8.83 Å². The van der Waals surface area contributed by atoms with E-state index in [4.69, 9.17) is 35.4 Å². The van der Waals surface area contributed by atoms with Gasteiger partial charge in [-0.25, -0.2) is 15.0 Å². The zero-order valence-electron chi connectivity index (χ0n) is 20.4. The van der Waals surface area contributed by atoms with Gasteiger partial charge in [-0.3, -0.25) is 0 Å². The van der Waals surface area contributed by atoms with E-state index < -0.39 is 0 Å². The Hall–Kier alpha value is -5.00. The molecule has 0 bridgehead atoms. The summed E-state index contributed by atoms with van der Waals surface area (Å²) in [6, 6.07) is 35.7. The molecule has 0 aliphatic heterocycles. The number of fused-ring (bicyclic) bond motifs is 6. The van der Waals surface area contributed by atoms with Crippen LogP contribution in [0.25, 0.3) is 78.0 Å². The van der Waals surface area contributed by atoms with Crippen molar-refractivity contribution in [2.45, 2.75) is 0 Å². The lowest BCUT2D eigenvalue weighted by Crippen LogP contribution is -2.00. The Balaban J connectivity index is 1.39. The summed E-state index contributed by atoms with van der Waals surface area (Å²) >= 11 is 6.47. The first kappa shape index (κ1) is 22.0. The number of rotatable bonds is 3. The van der Waals surface area contributed by atoms with Gasteiger partial charge in [-0.15, -0.1) is 0 Å². The van der Waals surface area contributed by atoms with Gasteiger partial charge in [0.05, 0.1) is 5.02 Å². The third-order valence-corrected chi connectivity index (χ3v) is 7.32. The SMILES string of the molecule is Clc1cccc2c1oc1cccc(-c3nc(-c4ccccc4)nc(-c4ccc5c(c4)oc4ccccc45)n3)c12. The zero-order valence-corrected chi connectivity index (χ0v) is 21.2. The Morgan fingerprint density at radius 2 is 1.18 bits per heavy atom. The summed E-state index contributed by atoms with van der Waals surface area (Å²) < 4.78 is 12.3. The second-order valence-electron chi connectivity index (χ2n) is 9.38. The van der Waals surface area contributed by atoms with Crippen molar-refractivity contribution in [3.8, 4) is 34.2 Å². The molecule has 0 saturated carbocycles. The van der Waals surface area contributed by atoms with Crippen LogP contribution in [0, 0.1) is 0 Å². The number of nitrogens with zero attached hydrogens (tertiary/aromatic N) is 3. The van der Waals surface area contributed by atoms with Crippen molar-refractivity contribution in [3.63, 3.8) is 0 Å². The van der Waals surface area contributed by atoms with Crippen LogP contribution in [0.1, 0.15) is 0 Å². The van der Waals surface area contributed by atoms with Crippen molar-refractivity contribution in [3.05, 3.63) is 114 Å². The van der Waals surface area contributed by atoms with Gasteiger partial charge in [0.2, 0.25) is 0 Å². The minimum absolute atomic E-state index is 0.553. The van der Waals surface area contributed by atoms with Crippen LogP contribution in [0.15, 0.2) is 118 Å². The Morgan fingerprint density at radius 3 is 2.08 bits per heavy atom. The Labute approximate surface area is 227 Å². The molecule has 8 rings (SSSR count). The first-order valence-corrected chi connectivity index (χ1v) is 12.9. The predicted octanol–water partition coefficient (Wildman–Crippen LogP) is 9.32.